The average Bonchev–Trinajstić information content (AvgIpc) is 2.70. The zero-order chi connectivity index (χ0) is 22.8. The summed E-state index contributed by atoms with van der Waals surface area (Å²) in [4.78, 5) is 41.8. The van der Waals surface area contributed by atoms with Gasteiger partial charge < -0.3 is 19.6 Å². The van der Waals surface area contributed by atoms with Gasteiger partial charge in [0.05, 0.1) is 10.3 Å². The molecular weight excluding hydrogens is 422 g/mol. The van der Waals surface area contributed by atoms with Gasteiger partial charge in [0, 0.05) is 0 Å². The SMILES string of the molecule is CCC(CC)(c1cccc(-c2ccccc2)c1C(CC)(CC)P(=O)(O)O)P(=O)(O)O. The summed E-state index contributed by atoms with van der Waals surface area (Å²) in [6.07, 6.45) is 0.554. The van der Waals surface area contributed by atoms with Gasteiger partial charge in [-0.25, -0.2) is 0 Å². The van der Waals surface area contributed by atoms with Crippen LogP contribution in [0.25, 0.3) is 11.1 Å². The van der Waals surface area contributed by atoms with E-state index in [2.05, 4.69) is 0 Å². The van der Waals surface area contributed by atoms with E-state index in [0.29, 0.717) is 16.7 Å². The Morgan fingerprint density at radius 3 is 1.53 bits per heavy atom. The molecule has 4 N–H and O–H groups in total. The summed E-state index contributed by atoms with van der Waals surface area (Å²) in [5, 5.41) is -3.09. The van der Waals surface area contributed by atoms with Crippen LogP contribution in [0.2, 0.25) is 0 Å². The highest BCUT2D eigenvalue weighted by molar-refractivity contribution is 7.53. The van der Waals surface area contributed by atoms with Gasteiger partial charge in [-0.15, -0.1) is 0 Å². The van der Waals surface area contributed by atoms with Crippen LogP contribution in [0.3, 0.4) is 0 Å². The molecule has 0 aromatic heterocycles. The first-order valence-electron chi connectivity index (χ1n) is 10.3. The van der Waals surface area contributed by atoms with E-state index in [9.17, 15) is 28.7 Å². The van der Waals surface area contributed by atoms with Crippen LogP contribution in [0.4, 0.5) is 0 Å². The molecule has 0 saturated carbocycles. The molecule has 6 nitrogen and oxygen atoms in total. The van der Waals surface area contributed by atoms with Gasteiger partial charge in [0.1, 0.15) is 0 Å². The summed E-state index contributed by atoms with van der Waals surface area (Å²) < 4.78 is 25.7. The quantitative estimate of drug-likeness (QED) is 0.359. The maximum Gasteiger partial charge on any atom is 0.336 e. The fourth-order valence-corrected chi connectivity index (χ4v) is 7.34. The third-order valence-corrected chi connectivity index (χ3v) is 10.5. The first-order chi connectivity index (χ1) is 14.0. The molecule has 2 aromatic carbocycles. The van der Waals surface area contributed by atoms with Gasteiger partial charge in [-0.3, -0.25) is 9.13 Å². The van der Waals surface area contributed by atoms with Gasteiger partial charge in [0.15, 0.2) is 0 Å². The molecule has 0 aliphatic carbocycles. The topological polar surface area (TPSA) is 115 Å². The minimum absolute atomic E-state index is 0.134. The Bertz CT molecular complexity index is 953. The lowest BCUT2D eigenvalue weighted by Gasteiger charge is -2.42. The number of benzene rings is 2. The molecule has 166 valence electrons. The summed E-state index contributed by atoms with van der Waals surface area (Å²) in [5.41, 5.74) is 2.02. The third-order valence-electron chi connectivity index (χ3n) is 6.57. The Kier molecular flexibility index (Phi) is 7.57. The molecule has 0 amide bonds. The monoisotopic (exact) mass is 454 g/mol. The molecule has 0 saturated heterocycles. The Morgan fingerprint density at radius 2 is 1.13 bits per heavy atom. The maximum atomic E-state index is 12.9. The fourth-order valence-electron chi connectivity index (χ4n) is 4.66. The third kappa shape index (κ3) is 3.98. The minimum atomic E-state index is -4.70. The van der Waals surface area contributed by atoms with Gasteiger partial charge in [-0.05, 0) is 47.9 Å². The van der Waals surface area contributed by atoms with Crippen molar-refractivity contribution in [1.82, 2.24) is 0 Å². The van der Waals surface area contributed by atoms with E-state index in [4.69, 9.17) is 0 Å². The van der Waals surface area contributed by atoms with E-state index < -0.39 is 25.5 Å². The van der Waals surface area contributed by atoms with Gasteiger partial charge in [-0.2, -0.15) is 0 Å². The number of hydrogen-bond donors (Lipinski definition) is 4. The van der Waals surface area contributed by atoms with E-state index in [0.717, 1.165) is 5.56 Å². The molecule has 8 heteroatoms. The Hall–Kier alpha value is -1.26. The van der Waals surface area contributed by atoms with Crippen molar-refractivity contribution >= 4 is 15.2 Å². The summed E-state index contributed by atoms with van der Waals surface area (Å²) in [7, 11) is -9.36. The van der Waals surface area contributed by atoms with Crippen LogP contribution in [-0.2, 0) is 19.4 Å². The second-order valence-corrected chi connectivity index (χ2v) is 11.5. The molecule has 0 atom stereocenters. The molecule has 0 bridgehead atoms. The molecule has 2 rings (SSSR count). The lowest BCUT2D eigenvalue weighted by atomic mass is 9.77. The molecule has 0 fully saturated rings. The lowest BCUT2D eigenvalue weighted by Crippen LogP contribution is -2.33. The van der Waals surface area contributed by atoms with E-state index >= 15 is 0 Å². The fraction of sp³-hybridized carbons (Fsp3) is 0.455. The zero-order valence-corrected chi connectivity index (χ0v) is 19.7. The molecule has 30 heavy (non-hydrogen) atoms. The van der Waals surface area contributed by atoms with Crippen molar-refractivity contribution < 1.29 is 28.7 Å². The largest absolute Gasteiger partial charge is 0.336 e. The van der Waals surface area contributed by atoms with Crippen molar-refractivity contribution in [2.75, 3.05) is 0 Å². The first-order valence-corrected chi connectivity index (χ1v) is 13.5. The van der Waals surface area contributed by atoms with E-state index in [-0.39, 0.29) is 25.7 Å². The minimum Gasteiger partial charge on any atom is -0.324 e. The highest BCUT2D eigenvalue weighted by Crippen LogP contribution is 2.68. The van der Waals surface area contributed by atoms with Gasteiger partial charge >= 0.3 is 15.2 Å². The zero-order valence-electron chi connectivity index (χ0n) is 17.9. The van der Waals surface area contributed by atoms with Crippen molar-refractivity contribution in [3.05, 3.63) is 59.7 Å². The van der Waals surface area contributed by atoms with Crippen LogP contribution in [0.1, 0.15) is 64.5 Å². The summed E-state index contributed by atoms with van der Waals surface area (Å²) in [5.74, 6) is 0. The highest BCUT2D eigenvalue weighted by Gasteiger charge is 2.53. The summed E-state index contributed by atoms with van der Waals surface area (Å²) >= 11 is 0. The highest BCUT2D eigenvalue weighted by atomic mass is 31.2. The normalized spacial score (nSPS) is 13.5. The van der Waals surface area contributed by atoms with Crippen LogP contribution in [0.5, 0.6) is 0 Å². The standard InChI is InChI=1S/C22H32O6P2/c1-5-21(6-2,29(23,24)25)19-16-12-15-18(17-13-10-9-11-14-17)20(19)22(7-3,8-4)30(26,27)28/h9-16H,5-8H2,1-4H3,(H2,23,24,25)(H2,26,27,28). The number of hydrogen-bond acceptors (Lipinski definition) is 2. The summed E-state index contributed by atoms with van der Waals surface area (Å²) in [6.45, 7) is 6.84. The molecule has 0 radical (unpaired) electrons. The summed E-state index contributed by atoms with van der Waals surface area (Å²) in [6, 6.07) is 14.3. The van der Waals surface area contributed by atoms with Crippen molar-refractivity contribution in [2.24, 2.45) is 0 Å². The van der Waals surface area contributed by atoms with Crippen LogP contribution in [0.15, 0.2) is 48.5 Å². The Morgan fingerprint density at radius 1 is 0.667 bits per heavy atom. The second kappa shape index (κ2) is 9.08. The van der Waals surface area contributed by atoms with E-state index in [1.807, 2.05) is 30.3 Å². The molecule has 2 aromatic rings. The lowest BCUT2D eigenvalue weighted by molar-refractivity contribution is 0.301. The first kappa shape index (κ1) is 25.0. The predicted octanol–water partition coefficient (Wildman–Crippen LogP) is 5.74. The molecule has 0 aliphatic rings. The van der Waals surface area contributed by atoms with Crippen LogP contribution < -0.4 is 0 Å². The average molecular weight is 454 g/mol. The van der Waals surface area contributed by atoms with Crippen molar-refractivity contribution in [2.45, 2.75) is 63.7 Å². The molecular formula is C22H32O6P2. The second-order valence-electron chi connectivity index (χ2n) is 7.66. The van der Waals surface area contributed by atoms with Crippen LogP contribution in [0, 0.1) is 0 Å². The smallest absolute Gasteiger partial charge is 0.324 e. The van der Waals surface area contributed by atoms with E-state index in [1.165, 1.54) is 0 Å². The molecule has 0 aliphatic heterocycles. The van der Waals surface area contributed by atoms with Gasteiger partial charge in [-0.1, -0.05) is 76.2 Å². The number of rotatable bonds is 9. The van der Waals surface area contributed by atoms with Crippen LogP contribution >= 0.6 is 15.2 Å². The van der Waals surface area contributed by atoms with Gasteiger partial charge in [0.2, 0.25) is 0 Å². The van der Waals surface area contributed by atoms with Crippen molar-refractivity contribution in [3.63, 3.8) is 0 Å². The van der Waals surface area contributed by atoms with Crippen molar-refractivity contribution in [1.29, 1.82) is 0 Å². The molecule has 0 unspecified atom stereocenters. The predicted molar refractivity (Wildman–Crippen MR) is 120 cm³/mol. The van der Waals surface area contributed by atoms with Gasteiger partial charge in [0.25, 0.3) is 0 Å². The van der Waals surface area contributed by atoms with Crippen LogP contribution in [-0.4, -0.2) is 19.6 Å². The van der Waals surface area contributed by atoms with E-state index in [1.54, 1.807) is 45.9 Å². The molecule has 0 heterocycles. The Labute approximate surface area is 178 Å². The molecule has 0 spiro atoms. The van der Waals surface area contributed by atoms with Crippen molar-refractivity contribution in [3.8, 4) is 11.1 Å². The maximum absolute atomic E-state index is 12.9. The Balaban J connectivity index is 3.14.